The van der Waals surface area contributed by atoms with Crippen molar-refractivity contribution in [2.45, 2.75) is 45.8 Å². The maximum absolute atomic E-state index is 11.7. The van der Waals surface area contributed by atoms with Gasteiger partial charge in [0.15, 0.2) is 0 Å². The molecule has 7 nitrogen and oxygen atoms in total. The minimum absolute atomic E-state index is 0.0714. The Hall–Kier alpha value is -2.57. The van der Waals surface area contributed by atoms with Crippen LogP contribution in [0.5, 0.6) is 0 Å². The van der Waals surface area contributed by atoms with Crippen molar-refractivity contribution in [3.63, 3.8) is 0 Å². The molecule has 0 aliphatic carbocycles. The van der Waals surface area contributed by atoms with Crippen molar-refractivity contribution in [2.24, 2.45) is 0 Å². The lowest BCUT2D eigenvalue weighted by molar-refractivity contribution is -0.139. The molecule has 0 radical (unpaired) electrons. The third-order valence-electron chi connectivity index (χ3n) is 2.68. The number of benzene rings is 1. The number of carbonyl (C=O) groups is 3. The lowest BCUT2D eigenvalue weighted by atomic mass is 10.1. The summed E-state index contributed by atoms with van der Waals surface area (Å²) in [7, 11) is 0. The molecule has 126 valence electrons. The fourth-order valence-corrected chi connectivity index (χ4v) is 1.86. The second-order valence-corrected chi connectivity index (χ2v) is 6.12. The first kappa shape index (κ1) is 18.5. The number of ether oxygens (including phenoxy) is 1. The van der Waals surface area contributed by atoms with E-state index < -0.39 is 23.7 Å². The second-order valence-electron chi connectivity index (χ2n) is 6.12. The van der Waals surface area contributed by atoms with E-state index in [2.05, 4.69) is 10.6 Å². The predicted molar refractivity (Wildman–Crippen MR) is 85.2 cm³/mol. The van der Waals surface area contributed by atoms with E-state index in [0.29, 0.717) is 11.3 Å². The van der Waals surface area contributed by atoms with Gasteiger partial charge >= 0.3 is 12.1 Å². The summed E-state index contributed by atoms with van der Waals surface area (Å²) in [5.41, 5.74) is 0.523. The summed E-state index contributed by atoms with van der Waals surface area (Å²) in [5, 5.41) is 14.2. The lowest BCUT2D eigenvalue weighted by Crippen LogP contribution is -2.44. The number of carbonyl (C=O) groups excluding carboxylic acids is 2. The Bertz CT molecular complexity index is 592. The molecule has 2 amide bonds. The summed E-state index contributed by atoms with van der Waals surface area (Å²) in [6.07, 6.45) is -0.718. The van der Waals surface area contributed by atoms with Gasteiger partial charge in [0, 0.05) is 19.0 Å². The average molecular weight is 322 g/mol. The fourth-order valence-electron chi connectivity index (χ4n) is 1.86. The molecular formula is C16H22N2O5. The molecule has 1 unspecified atom stereocenters. The van der Waals surface area contributed by atoms with Gasteiger partial charge in [-0.05, 0) is 38.5 Å². The van der Waals surface area contributed by atoms with Crippen LogP contribution in [-0.4, -0.2) is 34.7 Å². The predicted octanol–water partition coefficient (Wildman–Crippen LogP) is 2.17. The molecule has 1 aromatic carbocycles. The first-order chi connectivity index (χ1) is 10.6. The van der Waals surface area contributed by atoms with E-state index >= 15 is 0 Å². The topological polar surface area (TPSA) is 105 Å². The molecule has 7 heteroatoms. The van der Waals surface area contributed by atoms with E-state index in [-0.39, 0.29) is 12.3 Å². The minimum atomic E-state index is -1.17. The molecule has 0 saturated heterocycles. The van der Waals surface area contributed by atoms with Crippen molar-refractivity contribution in [3.05, 3.63) is 29.8 Å². The number of nitrogens with one attached hydrogen (secondary N) is 2. The van der Waals surface area contributed by atoms with Crippen LogP contribution in [0, 0.1) is 0 Å². The number of hydrogen-bond donors (Lipinski definition) is 3. The molecule has 23 heavy (non-hydrogen) atoms. The number of hydrogen-bond acceptors (Lipinski definition) is 4. The monoisotopic (exact) mass is 322 g/mol. The molecule has 0 saturated carbocycles. The molecular weight excluding hydrogens is 300 g/mol. The van der Waals surface area contributed by atoms with Gasteiger partial charge < -0.3 is 20.5 Å². The molecule has 1 aromatic rings. The molecule has 0 heterocycles. The van der Waals surface area contributed by atoms with E-state index in [9.17, 15) is 19.5 Å². The fraction of sp³-hybridized carbons (Fsp3) is 0.438. The van der Waals surface area contributed by atoms with Crippen LogP contribution < -0.4 is 10.6 Å². The summed E-state index contributed by atoms with van der Waals surface area (Å²) in [4.78, 5) is 34.1. The van der Waals surface area contributed by atoms with Crippen molar-refractivity contribution in [1.29, 1.82) is 0 Å². The van der Waals surface area contributed by atoms with E-state index in [0.717, 1.165) is 0 Å². The van der Waals surface area contributed by atoms with Crippen molar-refractivity contribution in [1.82, 2.24) is 5.32 Å². The van der Waals surface area contributed by atoms with Gasteiger partial charge in [-0.1, -0.05) is 12.1 Å². The van der Waals surface area contributed by atoms with Crippen molar-refractivity contribution < 1.29 is 24.2 Å². The Morgan fingerprint density at radius 2 is 1.91 bits per heavy atom. The highest BCUT2D eigenvalue weighted by molar-refractivity contribution is 5.88. The molecule has 0 aliphatic heterocycles. The maximum Gasteiger partial charge on any atom is 0.408 e. The SMILES string of the molecule is CC(=O)Nc1cccc(CC(NC(=O)OC(C)(C)C)C(=O)O)c1. The average Bonchev–Trinajstić information content (AvgIpc) is 2.35. The van der Waals surface area contributed by atoms with Crippen LogP contribution >= 0.6 is 0 Å². The highest BCUT2D eigenvalue weighted by atomic mass is 16.6. The zero-order valence-corrected chi connectivity index (χ0v) is 13.7. The number of aliphatic carboxylic acids is 1. The van der Waals surface area contributed by atoms with Gasteiger partial charge in [-0.2, -0.15) is 0 Å². The largest absolute Gasteiger partial charge is 0.480 e. The van der Waals surface area contributed by atoms with Crippen molar-refractivity contribution >= 4 is 23.7 Å². The zero-order valence-electron chi connectivity index (χ0n) is 13.7. The summed E-state index contributed by atoms with van der Waals surface area (Å²) >= 11 is 0. The molecule has 3 N–H and O–H groups in total. The third-order valence-corrected chi connectivity index (χ3v) is 2.68. The Balaban J connectivity index is 2.78. The van der Waals surface area contributed by atoms with Gasteiger partial charge in [-0.25, -0.2) is 9.59 Å². The van der Waals surface area contributed by atoms with Crippen LogP contribution in [0.4, 0.5) is 10.5 Å². The van der Waals surface area contributed by atoms with E-state index in [1.807, 2.05) is 0 Å². The van der Waals surface area contributed by atoms with Crippen LogP contribution in [0.1, 0.15) is 33.3 Å². The van der Waals surface area contributed by atoms with Crippen molar-refractivity contribution in [3.8, 4) is 0 Å². The summed E-state index contributed by atoms with van der Waals surface area (Å²) in [6.45, 7) is 6.47. The summed E-state index contributed by atoms with van der Waals surface area (Å²) < 4.78 is 5.06. The maximum atomic E-state index is 11.7. The van der Waals surface area contributed by atoms with E-state index in [1.54, 1.807) is 45.0 Å². The lowest BCUT2D eigenvalue weighted by Gasteiger charge is -2.22. The first-order valence-corrected chi connectivity index (χ1v) is 7.15. The van der Waals surface area contributed by atoms with Gasteiger partial charge in [-0.3, -0.25) is 4.79 Å². The standard InChI is InChI=1S/C16H22N2O5/c1-10(19)17-12-7-5-6-11(8-12)9-13(14(20)21)18-15(22)23-16(2,3)4/h5-8,13H,9H2,1-4H3,(H,17,19)(H,18,22)(H,20,21). The van der Waals surface area contributed by atoms with Crippen LogP contribution in [0.2, 0.25) is 0 Å². The summed E-state index contributed by atoms with van der Waals surface area (Å²) in [5.74, 6) is -1.38. The second kappa shape index (κ2) is 7.62. The zero-order chi connectivity index (χ0) is 17.6. The minimum Gasteiger partial charge on any atom is -0.480 e. The molecule has 0 fully saturated rings. The van der Waals surface area contributed by atoms with Gasteiger partial charge in [0.1, 0.15) is 11.6 Å². The smallest absolute Gasteiger partial charge is 0.408 e. The molecule has 1 atom stereocenters. The number of alkyl carbamates (subject to hydrolysis) is 1. The third kappa shape index (κ3) is 7.30. The number of carboxylic acids is 1. The summed E-state index contributed by atoms with van der Waals surface area (Å²) in [6, 6.07) is 5.65. The van der Waals surface area contributed by atoms with Crippen LogP contribution in [0.3, 0.4) is 0 Å². The normalized spacial score (nSPS) is 12.2. The van der Waals surface area contributed by atoms with Gasteiger partial charge in [0.05, 0.1) is 0 Å². The van der Waals surface area contributed by atoms with Crippen molar-refractivity contribution in [2.75, 3.05) is 5.32 Å². The Morgan fingerprint density at radius 3 is 2.43 bits per heavy atom. The van der Waals surface area contributed by atoms with Crippen LogP contribution in [0.25, 0.3) is 0 Å². The highest BCUT2D eigenvalue weighted by Gasteiger charge is 2.24. The number of anilines is 1. The number of amides is 2. The van der Waals surface area contributed by atoms with E-state index in [4.69, 9.17) is 4.74 Å². The quantitative estimate of drug-likeness (QED) is 0.770. The highest BCUT2D eigenvalue weighted by Crippen LogP contribution is 2.13. The molecule has 0 aromatic heterocycles. The first-order valence-electron chi connectivity index (χ1n) is 7.15. The van der Waals surface area contributed by atoms with Crippen LogP contribution in [0.15, 0.2) is 24.3 Å². The van der Waals surface area contributed by atoms with E-state index in [1.165, 1.54) is 6.92 Å². The molecule has 1 rings (SSSR count). The van der Waals surface area contributed by atoms with Gasteiger partial charge in [0.2, 0.25) is 5.91 Å². The molecule has 0 bridgehead atoms. The number of rotatable bonds is 5. The number of carboxylic acid groups (broad SMARTS) is 1. The Kier molecular flexibility index (Phi) is 6.12. The van der Waals surface area contributed by atoms with Gasteiger partial charge in [-0.15, -0.1) is 0 Å². The molecule has 0 aliphatic rings. The van der Waals surface area contributed by atoms with Gasteiger partial charge in [0.25, 0.3) is 0 Å². The Labute approximate surface area is 135 Å². The Morgan fingerprint density at radius 1 is 1.26 bits per heavy atom. The van der Waals surface area contributed by atoms with Crippen LogP contribution in [-0.2, 0) is 20.7 Å². The molecule has 0 spiro atoms.